The molecule has 0 fully saturated rings. The van der Waals surface area contributed by atoms with Gasteiger partial charge in [-0.1, -0.05) is 71.6 Å². The minimum absolute atomic E-state index is 0.0194. The third kappa shape index (κ3) is 5.87. The second-order valence-electron chi connectivity index (χ2n) is 9.46. The maximum atomic E-state index is 13.9. The van der Waals surface area contributed by atoms with E-state index in [2.05, 4.69) is 16.4 Å². The quantitative estimate of drug-likeness (QED) is 0.291. The third-order valence-corrected chi connectivity index (χ3v) is 7.09. The van der Waals surface area contributed by atoms with Gasteiger partial charge in [-0.3, -0.25) is 14.6 Å². The van der Waals surface area contributed by atoms with Gasteiger partial charge in [-0.2, -0.15) is 0 Å². The third-order valence-electron chi connectivity index (χ3n) is 6.35. The van der Waals surface area contributed by atoms with Gasteiger partial charge in [0, 0.05) is 36.8 Å². The summed E-state index contributed by atoms with van der Waals surface area (Å²) in [6.07, 6.45) is 2.07. The highest BCUT2D eigenvalue weighted by atomic mass is 35.5. The fraction of sp³-hybridized carbons (Fsp3) is 0.276. The average Bonchev–Trinajstić information content (AvgIpc) is 2.87. The first-order valence-electron chi connectivity index (χ1n) is 12.1. The van der Waals surface area contributed by atoms with Crippen molar-refractivity contribution in [3.8, 4) is 11.1 Å². The molecule has 2 N–H and O–H groups in total. The van der Waals surface area contributed by atoms with Gasteiger partial charge in [0.15, 0.2) is 0 Å². The topological polar surface area (TPSA) is 84.2 Å². The van der Waals surface area contributed by atoms with Gasteiger partial charge in [0.25, 0.3) is 11.5 Å². The first kappa shape index (κ1) is 26.9. The number of carbonyl (C=O) groups excluding carboxylic acids is 1. The Hall–Kier alpha value is -3.19. The Morgan fingerprint density at radius 1 is 1.08 bits per heavy atom. The number of aliphatic hydroxyl groups excluding tert-OH is 1. The number of pyridine rings is 2. The fourth-order valence-corrected chi connectivity index (χ4v) is 4.84. The second kappa shape index (κ2) is 11.5. The molecule has 0 spiro atoms. The Morgan fingerprint density at radius 3 is 2.49 bits per heavy atom. The Labute approximate surface area is 225 Å². The van der Waals surface area contributed by atoms with Gasteiger partial charge in [-0.15, -0.1) is 0 Å². The van der Waals surface area contributed by atoms with Crippen molar-refractivity contribution in [3.63, 3.8) is 0 Å². The number of carbonyl (C=O) groups is 1. The molecule has 0 aliphatic rings. The van der Waals surface area contributed by atoms with Crippen LogP contribution in [0.4, 0.5) is 0 Å². The number of aliphatic hydroxyl groups is 1. The Balaban J connectivity index is 1.92. The zero-order valence-corrected chi connectivity index (χ0v) is 22.5. The van der Waals surface area contributed by atoms with Gasteiger partial charge in [-0.25, -0.2) is 0 Å². The molecule has 0 aliphatic carbocycles. The Kier molecular flexibility index (Phi) is 8.32. The molecule has 0 radical (unpaired) electrons. The molecule has 4 aromatic rings. The summed E-state index contributed by atoms with van der Waals surface area (Å²) in [5.41, 5.74) is 4.49. The summed E-state index contributed by atoms with van der Waals surface area (Å²) in [7, 11) is 0. The van der Waals surface area contributed by atoms with Crippen LogP contribution in [0.15, 0.2) is 59.5 Å². The summed E-state index contributed by atoms with van der Waals surface area (Å²) in [5, 5.41) is 13.9. The fourth-order valence-electron chi connectivity index (χ4n) is 4.54. The zero-order chi connectivity index (χ0) is 26.7. The average molecular weight is 538 g/mol. The van der Waals surface area contributed by atoms with Gasteiger partial charge in [0.05, 0.1) is 10.0 Å². The van der Waals surface area contributed by atoms with Crippen molar-refractivity contribution in [2.45, 2.75) is 40.3 Å². The van der Waals surface area contributed by atoms with Crippen LogP contribution in [-0.2, 0) is 13.1 Å². The summed E-state index contributed by atoms with van der Waals surface area (Å²) in [4.78, 5) is 31.9. The van der Waals surface area contributed by atoms with Crippen molar-refractivity contribution in [1.82, 2.24) is 14.9 Å². The molecule has 2 aromatic carbocycles. The van der Waals surface area contributed by atoms with E-state index in [0.717, 1.165) is 16.7 Å². The van der Waals surface area contributed by atoms with Crippen molar-refractivity contribution in [3.05, 3.63) is 97.5 Å². The molecular formula is C29H29Cl2N3O3. The predicted molar refractivity (Wildman–Crippen MR) is 149 cm³/mol. The molecule has 0 saturated heterocycles. The van der Waals surface area contributed by atoms with Crippen LogP contribution < -0.4 is 10.9 Å². The summed E-state index contributed by atoms with van der Waals surface area (Å²) in [6.45, 7) is 6.44. The molecule has 0 aliphatic heterocycles. The summed E-state index contributed by atoms with van der Waals surface area (Å²) in [5.74, 6) is -0.439. The van der Waals surface area contributed by atoms with Gasteiger partial charge in [0.2, 0.25) is 0 Å². The van der Waals surface area contributed by atoms with Crippen LogP contribution in [0.2, 0.25) is 10.0 Å². The minimum atomic E-state index is -0.389. The maximum absolute atomic E-state index is 13.9. The maximum Gasteiger partial charge on any atom is 0.277 e. The summed E-state index contributed by atoms with van der Waals surface area (Å²) in [6, 6.07) is 14.8. The van der Waals surface area contributed by atoms with Crippen LogP contribution in [0.1, 0.15) is 40.5 Å². The van der Waals surface area contributed by atoms with E-state index in [1.165, 1.54) is 4.57 Å². The number of halogens is 2. The number of hydrogen-bond acceptors (Lipinski definition) is 4. The SMILES string of the molecule is Cc1cc(C)cc(CNC(=O)c2c(-c3ccc(Cl)c(Cl)c3)c3cccnc3c(=O)n2CC[C@@H](C)CO)c1. The van der Waals surface area contributed by atoms with Crippen LogP contribution in [0.3, 0.4) is 0 Å². The smallest absolute Gasteiger partial charge is 0.277 e. The molecule has 2 aromatic heterocycles. The van der Waals surface area contributed by atoms with Crippen LogP contribution in [-0.4, -0.2) is 27.2 Å². The van der Waals surface area contributed by atoms with Crippen LogP contribution in [0, 0.1) is 19.8 Å². The van der Waals surface area contributed by atoms with E-state index in [4.69, 9.17) is 23.2 Å². The molecule has 1 atom stereocenters. The van der Waals surface area contributed by atoms with Crippen LogP contribution in [0.5, 0.6) is 0 Å². The van der Waals surface area contributed by atoms with Crippen LogP contribution in [0.25, 0.3) is 22.0 Å². The molecular weight excluding hydrogens is 509 g/mol. The standard InChI is InChI=1S/C29H29Cl2N3O3/c1-17(16-35)8-10-34-27(28(36)33-15-20-12-18(2)11-19(3)13-20)25(21-6-7-23(30)24(31)14-21)22-5-4-9-32-26(22)29(34)37/h4-7,9,11-14,17,35H,8,10,15-16H2,1-3H3,(H,33,36)/t17-/m1/s1. The van der Waals surface area contributed by atoms with Gasteiger partial charge < -0.3 is 15.0 Å². The lowest BCUT2D eigenvalue weighted by Gasteiger charge is -2.20. The number of fused-ring (bicyclic) bond motifs is 1. The van der Waals surface area contributed by atoms with E-state index in [1.54, 1.807) is 36.5 Å². The number of amides is 1. The Bertz CT molecular complexity index is 1510. The largest absolute Gasteiger partial charge is 0.396 e. The molecule has 0 bridgehead atoms. The van der Waals surface area contributed by atoms with Gasteiger partial charge >= 0.3 is 0 Å². The van der Waals surface area contributed by atoms with Crippen molar-refractivity contribution >= 4 is 40.0 Å². The predicted octanol–water partition coefficient (Wildman–Crippen LogP) is 5.94. The van der Waals surface area contributed by atoms with Crippen molar-refractivity contribution in [2.24, 2.45) is 5.92 Å². The van der Waals surface area contributed by atoms with E-state index in [9.17, 15) is 14.7 Å². The van der Waals surface area contributed by atoms with Gasteiger partial charge in [-0.05, 0) is 55.5 Å². The summed E-state index contributed by atoms with van der Waals surface area (Å²) >= 11 is 12.6. The lowest BCUT2D eigenvalue weighted by Crippen LogP contribution is -2.34. The molecule has 0 saturated carbocycles. The van der Waals surface area contributed by atoms with E-state index >= 15 is 0 Å². The minimum Gasteiger partial charge on any atom is -0.396 e. The molecule has 4 rings (SSSR count). The molecule has 192 valence electrons. The number of rotatable bonds is 8. The number of aromatic nitrogens is 2. The van der Waals surface area contributed by atoms with Crippen molar-refractivity contribution < 1.29 is 9.90 Å². The molecule has 8 heteroatoms. The number of hydrogen-bond donors (Lipinski definition) is 2. The number of nitrogens with one attached hydrogen (secondary N) is 1. The number of nitrogens with zero attached hydrogens (tertiary/aromatic N) is 2. The lowest BCUT2D eigenvalue weighted by atomic mass is 9.97. The van der Waals surface area contributed by atoms with Crippen molar-refractivity contribution in [2.75, 3.05) is 6.61 Å². The highest BCUT2D eigenvalue weighted by Crippen LogP contribution is 2.34. The number of aryl methyl sites for hydroxylation is 2. The normalized spacial score (nSPS) is 12.1. The Morgan fingerprint density at radius 2 is 1.81 bits per heavy atom. The van der Waals surface area contributed by atoms with Gasteiger partial charge in [0.1, 0.15) is 11.2 Å². The summed E-state index contributed by atoms with van der Waals surface area (Å²) < 4.78 is 1.47. The molecule has 6 nitrogen and oxygen atoms in total. The lowest BCUT2D eigenvalue weighted by molar-refractivity contribution is 0.0940. The van der Waals surface area contributed by atoms with E-state index in [0.29, 0.717) is 39.5 Å². The van der Waals surface area contributed by atoms with E-state index in [1.807, 2.05) is 32.9 Å². The monoisotopic (exact) mass is 537 g/mol. The molecule has 1 amide bonds. The van der Waals surface area contributed by atoms with Crippen molar-refractivity contribution in [1.29, 1.82) is 0 Å². The first-order chi connectivity index (χ1) is 17.7. The van der Waals surface area contributed by atoms with Crippen LogP contribution >= 0.6 is 23.2 Å². The zero-order valence-electron chi connectivity index (χ0n) is 21.0. The second-order valence-corrected chi connectivity index (χ2v) is 10.3. The molecule has 2 heterocycles. The molecule has 37 heavy (non-hydrogen) atoms. The highest BCUT2D eigenvalue weighted by molar-refractivity contribution is 6.42. The van der Waals surface area contributed by atoms with E-state index in [-0.39, 0.29) is 41.7 Å². The highest BCUT2D eigenvalue weighted by Gasteiger charge is 2.24. The molecule has 0 unspecified atom stereocenters. The van der Waals surface area contributed by atoms with E-state index < -0.39 is 0 Å². The first-order valence-corrected chi connectivity index (χ1v) is 12.9. The number of benzene rings is 2.